The number of likely N-dealkylation sites (tertiary alicyclic amines) is 1. The van der Waals surface area contributed by atoms with Crippen LogP contribution in [0, 0.1) is 5.92 Å². The van der Waals surface area contributed by atoms with Gasteiger partial charge in [-0.2, -0.15) is 0 Å². The number of hydrogen-bond acceptors (Lipinski definition) is 2. The number of rotatable bonds is 4. The molecule has 2 amide bonds. The van der Waals surface area contributed by atoms with Crippen LogP contribution in [0.2, 0.25) is 5.02 Å². The molecule has 5 heteroatoms. The van der Waals surface area contributed by atoms with Gasteiger partial charge in [0.1, 0.15) is 0 Å². The first-order valence-electron chi connectivity index (χ1n) is 9.01. The molecule has 1 heterocycles. The molecule has 0 bridgehead atoms. The highest BCUT2D eigenvalue weighted by atomic mass is 35.5. The number of nitrogens with one attached hydrogen (secondary N) is 1. The van der Waals surface area contributed by atoms with Gasteiger partial charge >= 0.3 is 0 Å². The highest BCUT2D eigenvalue weighted by molar-refractivity contribution is 6.30. The van der Waals surface area contributed by atoms with E-state index in [9.17, 15) is 9.59 Å². The Morgan fingerprint density at radius 2 is 1.96 bits per heavy atom. The fraction of sp³-hybridized carbons (Fsp3) is 0.333. The standard InChI is InChI=1S/C21H23ClN2O2/c1-2-15-5-3-7-19(13-15)23-20(25)17-6-4-12-24(14-17)21(26)16-8-10-18(22)11-9-16/h3,5,7-11,13,17H,2,4,6,12,14H2,1H3,(H,23,25)/t17-/m0/s1. The van der Waals surface area contributed by atoms with E-state index in [4.69, 9.17) is 11.6 Å². The molecule has 1 atom stereocenters. The summed E-state index contributed by atoms with van der Waals surface area (Å²) < 4.78 is 0. The molecule has 1 saturated heterocycles. The number of amides is 2. The molecule has 0 saturated carbocycles. The van der Waals surface area contributed by atoms with E-state index in [1.54, 1.807) is 29.2 Å². The first-order valence-corrected chi connectivity index (χ1v) is 9.39. The second-order valence-electron chi connectivity index (χ2n) is 6.64. The molecule has 0 aliphatic carbocycles. The normalized spacial score (nSPS) is 17.0. The van der Waals surface area contributed by atoms with Crippen LogP contribution < -0.4 is 5.32 Å². The van der Waals surface area contributed by atoms with Gasteiger partial charge in [0.05, 0.1) is 5.92 Å². The van der Waals surface area contributed by atoms with E-state index < -0.39 is 0 Å². The third-order valence-electron chi connectivity index (χ3n) is 4.77. The van der Waals surface area contributed by atoms with Gasteiger partial charge in [-0.3, -0.25) is 9.59 Å². The molecule has 0 unspecified atom stereocenters. The van der Waals surface area contributed by atoms with E-state index in [0.717, 1.165) is 24.9 Å². The molecule has 26 heavy (non-hydrogen) atoms. The minimum atomic E-state index is -0.190. The lowest BCUT2D eigenvalue weighted by Crippen LogP contribution is -2.43. The van der Waals surface area contributed by atoms with E-state index >= 15 is 0 Å². The molecular weight excluding hydrogens is 348 g/mol. The van der Waals surface area contributed by atoms with Crippen LogP contribution in [-0.2, 0) is 11.2 Å². The molecule has 1 aliphatic rings. The molecular formula is C21H23ClN2O2. The van der Waals surface area contributed by atoms with Crippen molar-refractivity contribution in [1.29, 1.82) is 0 Å². The fourth-order valence-electron chi connectivity index (χ4n) is 3.26. The number of benzene rings is 2. The predicted octanol–water partition coefficient (Wildman–Crippen LogP) is 4.39. The minimum absolute atomic E-state index is 0.0214. The van der Waals surface area contributed by atoms with Crippen LogP contribution in [0.5, 0.6) is 0 Å². The molecule has 1 aliphatic heterocycles. The lowest BCUT2D eigenvalue weighted by atomic mass is 9.96. The number of carbonyl (C=O) groups is 2. The lowest BCUT2D eigenvalue weighted by molar-refractivity contribution is -0.121. The summed E-state index contributed by atoms with van der Waals surface area (Å²) in [7, 11) is 0. The van der Waals surface area contributed by atoms with Crippen molar-refractivity contribution in [3.63, 3.8) is 0 Å². The van der Waals surface area contributed by atoms with E-state index in [-0.39, 0.29) is 17.7 Å². The summed E-state index contributed by atoms with van der Waals surface area (Å²) >= 11 is 5.89. The fourth-order valence-corrected chi connectivity index (χ4v) is 3.39. The van der Waals surface area contributed by atoms with Crippen molar-refractivity contribution >= 4 is 29.1 Å². The average molecular weight is 371 g/mol. The maximum atomic E-state index is 12.7. The smallest absolute Gasteiger partial charge is 0.253 e. The number of hydrogen-bond donors (Lipinski definition) is 1. The number of aryl methyl sites for hydroxylation is 1. The Hall–Kier alpha value is -2.33. The molecule has 1 fully saturated rings. The lowest BCUT2D eigenvalue weighted by Gasteiger charge is -2.32. The van der Waals surface area contributed by atoms with Crippen LogP contribution in [0.3, 0.4) is 0 Å². The number of carbonyl (C=O) groups excluding carboxylic acids is 2. The molecule has 1 N–H and O–H groups in total. The van der Waals surface area contributed by atoms with E-state index in [2.05, 4.69) is 12.2 Å². The minimum Gasteiger partial charge on any atom is -0.338 e. The van der Waals surface area contributed by atoms with Crippen molar-refractivity contribution in [2.24, 2.45) is 5.92 Å². The van der Waals surface area contributed by atoms with Gasteiger partial charge in [0.2, 0.25) is 5.91 Å². The van der Waals surface area contributed by atoms with Crippen LogP contribution in [0.4, 0.5) is 5.69 Å². The number of anilines is 1. The molecule has 4 nitrogen and oxygen atoms in total. The molecule has 0 radical (unpaired) electrons. The van der Waals surface area contributed by atoms with E-state index in [0.29, 0.717) is 23.7 Å². The van der Waals surface area contributed by atoms with Gasteiger partial charge < -0.3 is 10.2 Å². The van der Waals surface area contributed by atoms with Crippen molar-refractivity contribution < 1.29 is 9.59 Å². The molecule has 2 aromatic rings. The van der Waals surface area contributed by atoms with Crippen LogP contribution in [-0.4, -0.2) is 29.8 Å². The van der Waals surface area contributed by atoms with Crippen LogP contribution in [0.15, 0.2) is 48.5 Å². The van der Waals surface area contributed by atoms with Gasteiger partial charge in [0.25, 0.3) is 5.91 Å². The summed E-state index contributed by atoms with van der Waals surface area (Å²) in [6, 6.07) is 14.8. The Labute approximate surface area is 159 Å². The van der Waals surface area contributed by atoms with Gasteiger partial charge in [-0.05, 0) is 61.2 Å². The molecule has 0 spiro atoms. The molecule has 136 valence electrons. The quantitative estimate of drug-likeness (QED) is 0.867. The predicted molar refractivity (Wildman–Crippen MR) is 105 cm³/mol. The largest absolute Gasteiger partial charge is 0.338 e. The van der Waals surface area contributed by atoms with Crippen molar-refractivity contribution in [2.45, 2.75) is 26.2 Å². The maximum absolute atomic E-state index is 12.7. The van der Waals surface area contributed by atoms with Crippen LogP contribution in [0.1, 0.15) is 35.7 Å². The highest BCUT2D eigenvalue weighted by Crippen LogP contribution is 2.21. The zero-order chi connectivity index (χ0) is 18.5. The second-order valence-corrected chi connectivity index (χ2v) is 7.08. The molecule has 0 aromatic heterocycles. The Bertz CT molecular complexity index is 789. The summed E-state index contributed by atoms with van der Waals surface area (Å²) in [5.41, 5.74) is 2.60. The topological polar surface area (TPSA) is 49.4 Å². The Morgan fingerprint density at radius 3 is 2.69 bits per heavy atom. The highest BCUT2D eigenvalue weighted by Gasteiger charge is 2.29. The summed E-state index contributed by atoms with van der Waals surface area (Å²) in [4.78, 5) is 27.1. The SMILES string of the molecule is CCc1cccc(NC(=O)[C@H]2CCCN(C(=O)c3ccc(Cl)cc3)C2)c1. The monoisotopic (exact) mass is 370 g/mol. The Balaban J connectivity index is 1.64. The Kier molecular flexibility index (Phi) is 5.94. The summed E-state index contributed by atoms with van der Waals surface area (Å²) in [6.07, 6.45) is 2.55. The van der Waals surface area contributed by atoms with Crippen LogP contribution in [0.25, 0.3) is 0 Å². The first-order chi connectivity index (χ1) is 12.6. The van der Waals surface area contributed by atoms with Crippen molar-refractivity contribution in [3.05, 3.63) is 64.7 Å². The zero-order valence-corrected chi connectivity index (χ0v) is 15.6. The van der Waals surface area contributed by atoms with Crippen LogP contribution >= 0.6 is 11.6 Å². The zero-order valence-electron chi connectivity index (χ0n) is 14.9. The van der Waals surface area contributed by atoms with Gasteiger partial charge in [0, 0.05) is 29.4 Å². The van der Waals surface area contributed by atoms with Gasteiger partial charge in [-0.25, -0.2) is 0 Å². The number of nitrogens with zero attached hydrogens (tertiary/aromatic N) is 1. The molecule has 3 rings (SSSR count). The first kappa shape index (κ1) is 18.5. The molecule has 2 aromatic carbocycles. The number of halogens is 1. The second kappa shape index (κ2) is 8.37. The number of piperidine rings is 1. The third-order valence-corrected chi connectivity index (χ3v) is 5.03. The summed E-state index contributed by atoms with van der Waals surface area (Å²) in [5, 5.41) is 3.60. The van der Waals surface area contributed by atoms with Gasteiger partial charge in [0.15, 0.2) is 0 Å². The third kappa shape index (κ3) is 4.44. The summed E-state index contributed by atoms with van der Waals surface area (Å²) in [6.45, 7) is 3.21. The Morgan fingerprint density at radius 1 is 1.19 bits per heavy atom. The summed E-state index contributed by atoms with van der Waals surface area (Å²) in [5.74, 6) is -0.260. The van der Waals surface area contributed by atoms with Gasteiger partial charge in [-0.1, -0.05) is 30.7 Å². The van der Waals surface area contributed by atoms with E-state index in [1.807, 2.05) is 24.3 Å². The van der Waals surface area contributed by atoms with Crippen molar-refractivity contribution in [2.75, 3.05) is 18.4 Å². The van der Waals surface area contributed by atoms with Gasteiger partial charge in [-0.15, -0.1) is 0 Å². The average Bonchev–Trinajstić information content (AvgIpc) is 2.68. The van der Waals surface area contributed by atoms with E-state index in [1.165, 1.54) is 5.56 Å². The van der Waals surface area contributed by atoms with Crippen molar-refractivity contribution in [1.82, 2.24) is 4.90 Å². The van der Waals surface area contributed by atoms with Crippen molar-refractivity contribution in [3.8, 4) is 0 Å². The maximum Gasteiger partial charge on any atom is 0.253 e.